The average Bonchev–Trinajstić information content (AvgIpc) is 2.28. The Balaban J connectivity index is 2.64. The molecule has 0 saturated heterocycles. The van der Waals surface area contributed by atoms with Crippen LogP contribution in [0.4, 0.5) is 13.2 Å². The topological polar surface area (TPSA) is 43.4 Å². The molecule has 0 radical (unpaired) electrons. The van der Waals surface area contributed by atoms with Crippen LogP contribution in [-0.2, 0) is 16.0 Å². The quantitative estimate of drug-likeness (QED) is 0.738. The highest BCUT2D eigenvalue weighted by Crippen LogP contribution is 2.42. The van der Waals surface area contributed by atoms with Crippen molar-refractivity contribution in [1.82, 2.24) is 0 Å². The fourth-order valence-electron chi connectivity index (χ4n) is 2.18. The van der Waals surface area contributed by atoms with Crippen LogP contribution in [0.5, 0.6) is 0 Å². The van der Waals surface area contributed by atoms with Crippen LogP contribution in [0, 0.1) is 6.92 Å². The second kappa shape index (κ2) is 4.08. The van der Waals surface area contributed by atoms with Gasteiger partial charge in [0.1, 0.15) is 0 Å². The summed E-state index contributed by atoms with van der Waals surface area (Å²) in [6.45, 7) is 2.38. The number of carbonyl (C=O) groups is 2. The standard InChI is InChI=1S/C13H11F3O3/c1-7-4-3-5-9-10(7)6-12(8(2)17,13(14,15)16)19-11(9)18/h3-5H,6H2,1-2H3. The molecule has 3 nitrogen and oxygen atoms in total. The monoisotopic (exact) mass is 272 g/mol. The zero-order valence-electron chi connectivity index (χ0n) is 10.3. The molecule has 0 fully saturated rings. The summed E-state index contributed by atoms with van der Waals surface area (Å²) in [6, 6.07) is 4.55. The molecule has 1 aromatic rings. The van der Waals surface area contributed by atoms with E-state index in [1.54, 1.807) is 19.1 Å². The molecule has 19 heavy (non-hydrogen) atoms. The van der Waals surface area contributed by atoms with E-state index in [0.29, 0.717) is 5.56 Å². The van der Waals surface area contributed by atoms with E-state index in [-0.39, 0.29) is 11.1 Å². The summed E-state index contributed by atoms with van der Waals surface area (Å²) in [5, 5.41) is 0. The molecule has 1 atom stereocenters. The number of hydrogen-bond donors (Lipinski definition) is 0. The van der Waals surface area contributed by atoms with Gasteiger partial charge in [0.05, 0.1) is 5.56 Å². The number of fused-ring (bicyclic) bond motifs is 1. The maximum atomic E-state index is 13.1. The molecule has 1 aliphatic rings. The van der Waals surface area contributed by atoms with Gasteiger partial charge in [-0.2, -0.15) is 13.2 Å². The lowest BCUT2D eigenvalue weighted by Crippen LogP contribution is -2.58. The Morgan fingerprint density at radius 3 is 2.53 bits per heavy atom. The highest BCUT2D eigenvalue weighted by atomic mass is 19.4. The molecular formula is C13H11F3O3. The van der Waals surface area contributed by atoms with Crippen molar-refractivity contribution in [1.29, 1.82) is 0 Å². The fraction of sp³-hybridized carbons (Fsp3) is 0.385. The van der Waals surface area contributed by atoms with E-state index >= 15 is 0 Å². The molecular weight excluding hydrogens is 261 g/mol. The van der Waals surface area contributed by atoms with Crippen molar-refractivity contribution in [3.05, 3.63) is 34.9 Å². The second-order valence-electron chi connectivity index (χ2n) is 4.55. The number of benzene rings is 1. The summed E-state index contributed by atoms with van der Waals surface area (Å²) in [5.41, 5.74) is -2.24. The zero-order chi connectivity index (χ0) is 14.4. The molecule has 1 unspecified atom stereocenters. The van der Waals surface area contributed by atoms with Gasteiger partial charge in [-0.05, 0) is 31.0 Å². The molecule has 1 heterocycles. The number of ketones is 1. The van der Waals surface area contributed by atoms with Crippen LogP contribution >= 0.6 is 0 Å². The van der Waals surface area contributed by atoms with Crippen LogP contribution in [-0.4, -0.2) is 23.5 Å². The van der Waals surface area contributed by atoms with Gasteiger partial charge in [0.25, 0.3) is 5.60 Å². The summed E-state index contributed by atoms with van der Waals surface area (Å²) >= 11 is 0. The van der Waals surface area contributed by atoms with Crippen LogP contribution in [0.15, 0.2) is 18.2 Å². The molecule has 0 aliphatic carbocycles. The molecule has 0 spiro atoms. The largest absolute Gasteiger partial charge is 0.437 e. The van der Waals surface area contributed by atoms with E-state index in [9.17, 15) is 22.8 Å². The second-order valence-corrected chi connectivity index (χ2v) is 4.55. The third-order valence-electron chi connectivity index (χ3n) is 3.35. The summed E-state index contributed by atoms with van der Waals surface area (Å²) < 4.78 is 43.9. The number of cyclic esters (lactones) is 1. The van der Waals surface area contributed by atoms with Crippen molar-refractivity contribution in [3.63, 3.8) is 0 Å². The van der Waals surface area contributed by atoms with Crippen LogP contribution < -0.4 is 0 Å². The first-order valence-electron chi connectivity index (χ1n) is 5.58. The summed E-state index contributed by atoms with van der Waals surface area (Å²) in [7, 11) is 0. The van der Waals surface area contributed by atoms with Crippen molar-refractivity contribution >= 4 is 11.8 Å². The van der Waals surface area contributed by atoms with Gasteiger partial charge < -0.3 is 4.74 Å². The number of ether oxygens (including phenoxy) is 1. The van der Waals surface area contributed by atoms with Gasteiger partial charge in [-0.3, -0.25) is 4.79 Å². The zero-order valence-corrected chi connectivity index (χ0v) is 10.3. The van der Waals surface area contributed by atoms with Crippen LogP contribution in [0.25, 0.3) is 0 Å². The molecule has 6 heteroatoms. The SMILES string of the molecule is CC(=O)C1(C(F)(F)F)Cc2c(C)cccc2C(=O)O1. The van der Waals surface area contributed by atoms with Crippen molar-refractivity contribution in [2.45, 2.75) is 32.0 Å². The number of esters is 1. The van der Waals surface area contributed by atoms with E-state index in [4.69, 9.17) is 0 Å². The summed E-state index contributed by atoms with van der Waals surface area (Å²) in [4.78, 5) is 23.2. The van der Waals surface area contributed by atoms with Gasteiger partial charge in [0.2, 0.25) is 0 Å². The minimum atomic E-state index is -4.94. The Bertz CT molecular complexity index is 563. The Morgan fingerprint density at radius 2 is 2.00 bits per heavy atom. The maximum absolute atomic E-state index is 13.1. The Morgan fingerprint density at radius 1 is 1.37 bits per heavy atom. The summed E-state index contributed by atoms with van der Waals surface area (Å²) in [5.74, 6) is -2.33. The third kappa shape index (κ3) is 1.91. The molecule has 0 bridgehead atoms. The molecule has 0 amide bonds. The Hall–Kier alpha value is -1.85. The number of alkyl halides is 3. The van der Waals surface area contributed by atoms with Crippen molar-refractivity contribution in [2.75, 3.05) is 0 Å². The smallest absolute Gasteiger partial charge is 0.436 e. The highest BCUT2D eigenvalue weighted by molar-refractivity contribution is 5.98. The van der Waals surface area contributed by atoms with Crippen LogP contribution in [0.3, 0.4) is 0 Å². The Kier molecular flexibility index (Phi) is 2.91. The molecule has 0 aromatic heterocycles. The fourth-order valence-corrected chi connectivity index (χ4v) is 2.18. The first kappa shape index (κ1) is 13.6. The lowest BCUT2D eigenvalue weighted by molar-refractivity contribution is -0.250. The van der Waals surface area contributed by atoms with Crippen molar-refractivity contribution < 1.29 is 27.5 Å². The highest BCUT2D eigenvalue weighted by Gasteiger charge is 2.63. The average molecular weight is 272 g/mol. The van der Waals surface area contributed by atoms with Gasteiger partial charge in [-0.1, -0.05) is 12.1 Å². The van der Waals surface area contributed by atoms with Crippen molar-refractivity contribution in [3.8, 4) is 0 Å². The first-order valence-corrected chi connectivity index (χ1v) is 5.58. The molecule has 102 valence electrons. The van der Waals surface area contributed by atoms with E-state index in [1.165, 1.54) is 6.07 Å². The number of hydrogen-bond acceptors (Lipinski definition) is 3. The summed E-state index contributed by atoms with van der Waals surface area (Å²) in [6.07, 6.45) is -5.60. The van der Waals surface area contributed by atoms with E-state index in [2.05, 4.69) is 4.74 Å². The first-order chi connectivity index (χ1) is 8.69. The van der Waals surface area contributed by atoms with Gasteiger partial charge >= 0.3 is 12.1 Å². The van der Waals surface area contributed by atoms with Crippen LogP contribution in [0.2, 0.25) is 0 Å². The predicted molar refractivity (Wildman–Crippen MR) is 59.8 cm³/mol. The minimum absolute atomic E-state index is 0.0844. The minimum Gasteiger partial charge on any atom is -0.437 e. The molecule has 1 aromatic carbocycles. The van der Waals surface area contributed by atoms with Crippen molar-refractivity contribution in [2.24, 2.45) is 0 Å². The van der Waals surface area contributed by atoms with E-state index in [1.807, 2.05) is 0 Å². The molecule has 0 N–H and O–H groups in total. The number of aryl methyl sites for hydroxylation is 1. The number of carbonyl (C=O) groups excluding carboxylic acids is 2. The van der Waals surface area contributed by atoms with Gasteiger partial charge in [0, 0.05) is 6.42 Å². The third-order valence-corrected chi connectivity index (χ3v) is 3.35. The van der Waals surface area contributed by atoms with Crippen LogP contribution in [0.1, 0.15) is 28.4 Å². The lowest BCUT2D eigenvalue weighted by atomic mass is 9.83. The molecule has 1 aliphatic heterocycles. The number of rotatable bonds is 1. The number of halogens is 3. The van der Waals surface area contributed by atoms with Gasteiger partial charge in [0.15, 0.2) is 5.78 Å². The van der Waals surface area contributed by atoms with E-state index in [0.717, 1.165) is 6.92 Å². The molecule has 0 saturated carbocycles. The predicted octanol–water partition coefficient (Wildman–Crippen LogP) is 2.60. The van der Waals surface area contributed by atoms with Gasteiger partial charge in [-0.25, -0.2) is 4.79 Å². The lowest BCUT2D eigenvalue weighted by Gasteiger charge is -2.37. The van der Waals surface area contributed by atoms with E-state index < -0.39 is 30.0 Å². The van der Waals surface area contributed by atoms with Gasteiger partial charge in [-0.15, -0.1) is 0 Å². The maximum Gasteiger partial charge on any atom is 0.436 e. The molecule has 2 rings (SSSR count). The number of Topliss-reactive ketones (excluding diaryl/α,β-unsaturated/α-hetero) is 1. The normalized spacial score (nSPS) is 22.7. The Labute approximate surface area is 107 Å².